The molecule has 0 amide bonds. The maximum absolute atomic E-state index is 11.4. The molecule has 0 rings (SSSR count). The Balaban J connectivity index is 4.25. The molecule has 0 aliphatic carbocycles. The van der Waals surface area contributed by atoms with Crippen molar-refractivity contribution in [1.29, 1.82) is 0 Å². The standard InChI is InChI=1S/C13H20O3/c1-5-7-8-9-11(4)13(15)16-12(14)10(3)6-2/h6,9H,5,7-8H2,1-4H3. The van der Waals surface area contributed by atoms with Gasteiger partial charge in [-0.1, -0.05) is 31.9 Å². The number of carbonyl (C=O) groups is 2. The fraction of sp³-hybridized carbons (Fsp3) is 0.538. The van der Waals surface area contributed by atoms with Gasteiger partial charge in [0.05, 0.1) is 0 Å². The Bertz CT molecular complexity index is 311. The molecule has 0 atom stereocenters. The van der Waals surface area contributed by atoms with Crippen LogP contribution in [0.2, 0.25) is 0 Å². The molecule has 0 aromatic carbocycles. The molecule has 3 nitrogen and oxygen atoms in total. The first-order chi connectivity index (χ1) is 7.52. The number of hydrogen-bond acceptors (Lipinski definition) is 3. The van der Waals surface area contributed by atoms with E-state index in [1.165, 1.54) is 0 Å². The number of hydrogen-bond donors (Lipinski definition) is 0. The predicted molar refractivity (Wildman–Crippen MR) is 63.8 cm³/mol. The number of esters is 2. The summed E-state index contributed by atoms with van der Waals surface area (Å²) in [4.78, 5) is 22.7. The van der Waals surface area contributed by atoms with Gasteiger partial charge in [0, 0.05) is 11.1 Å². The van der Waals surface area contributed by atoms with Gasteiger partial charge in [-0.25, -0.2) is 9.59 Å². The van der Waals surface area contributed by atoms with Gasteiger partial charge in [0.15, 0.2) is 0 Å². The third-order valence-corrected chi connectivity index (χ3v) is 2.27. The molecule has 0 spiro atoms. The minimum Gasteiger partial charge on any atom is -0.386 e. The van der Waals surface area contributed by atoms with Crippen LogP contribution in [0.5, 0.6) is 0 Å². The summed E-state index contributed by atoms with van der Waals surface area (Å²) in [5, 5.41) is 0. The van der Waals surface area contributed by atoms with Gasteiger partial charge in [0.1, 0.15) is 0 Å². The van der Waals surface area contributed by atoms with Crippen molar-refractivity contribution >= 4 is 11.9 Å². The molecule has 0 unspecified atom stereocenters. The monoisotopic (exact) mass is 224 g/mol. The molecule has 0 fully saturated rings. The van der Waals surface area contributed by atoms with Crippen LogP contribution in [0.4, 0.5) is 0 Å². The van der Waals surface area contributed by atoms with E-state index in [0.29, 0.717) is 11.1 Å². The van der Waals surface area contributed by atoms with Crippen LogP contribution in [-0.4, -0.2) is 11.9 Å². The van der Waals surface area contributed by atoms with E-state index in [1.807, 2.05) is 6.08 Å². The normalized spacial score (nSPS) is 12.5. The van der Waals surface area contributed by atoms with Crippen LogP contribution in [0, 0.1) is 0 Å². The second-order valence-corrected chi connectivity index (χ2v) is 3.68. The maximum Gasteiger partial charge on any atom is 0.341 e. The van der Waals surface area contributed by atoms with E-state index >= 15 is 0 Å². The highest BCUT2D eigenvalue weighted by Gasteiger charge is 2.12. The summed E-state index contributed by atoms with van der Waals surface area (Å²) in [5.74, 6) is -1.13. The number of carbonyl (C=O) groups excluding carboxylic acids is 2. The Labute approximate surface area is 97.2 Å². The summed E-state index contributed by atoms with van der Waals surface area (Å²) in [6.07, 6.45) is 6.38. The molecule has 0 bridgehead atoms. The van der Waals surface area contributed by atoms with Gasteiger partial charge < -0.3 is 4.74 Å². The lowest BCUT2D eigenvalue weighted by Gasteiger charge is -2.02. The molecule has 0 saturated carbocycles. The molecular formula is C13H20O3. The van der Waals surface area contributed by atoms with Gasteiger partial charge in [-0.05, 0) is 27.2 Å². The van der Waals surface area contributed by atoms with E-state index in [9.17, 15) is 9.59 Å². The number of unbranched alkanes of at least 4 members (excludes halogenated alkanes) is 2. The molecule has 0 aromatic heterocycles. The third kappa shape index (κ3) is 5.49. The van der Waals surface area contributed by atoms with Crippen LogP contribution in [0.25, 0.3) is 0 Å². The van der Waals surface area contributed by atoms with Crippen LogP contribution >= 0.6 is 0 Å². The zero-order valence-corrected chi connectivity index (χ0v) is 10.5. The molecular weight excluding hydrogens is 204 g/mol. The smallest absolute Gasteiger partial charge is 0.341 e. The van der Waals surface area contributed by atoms with E-state index in [2.05, 4.69) is 11.7 Å². The average molecular weight is 224 g/mol. The van der Waals surface area contributed by atoms with E-state index in [4.69, 9.17) is 0 Å². The van der Waals surface area contributed by atoms with Gasteiger partial charge in [-0.3, -0.25) is 0 Å². The molecule has 16 heavy (non-hydrogen) atoms. The van der Waals surface area contributed by atoms with E-state index < -0.39 is 11.9 Å². The highest BCUT2D eigenvalue weighted by molar-refractivity contribution is 6.01. The lowest BCUT2D eigenvalue weighted by atomic mass is 10.2. The molecule has 0 N–H and O–H groups in total. The predicted octanol–water partition coefficient (Wildman–Crippen LogP) is 3.16. The summed E-state index contributed by atoms with van der Waals surface area (Å²) >= 11 is 0. The number of ether oxygens (including phenoxy) is 1. The number of rotatable bonds is 5. The van der Waals surface area contributed by atoms with Crippen molar-refractivity contribution in [1.82, 2.24) is 0 Å². The molecule has 0 aliphatic rings. The molecule has 0 aliphatic heterocycles. The highest BCUT2D eigenvalue weighted by atomic mass is 16.6. The van der Waals surface area contributed by atoms with Gasteiger partial charge in [-0.2, -0.15) is 0 Å². The van der Waals surface area contributed by atoms with Crippen LogP contribution in [-0.2, 0) is 14.3 Å². The molecule has 0 aromatic rings. The molecule has 0 heterocycles. The summed E-state index contributed by atoms with van der Waals surface area (Å²) in [7, 11) is 0. The fourth-order valence-corrected chi connectivity index (χ4v) is 0.969. The van der Waals surface area contributed by atoms with Crippen LogP contribution < -0.4 is 0 Å². The highest BCUT2D eigenvalue weighted by Crippen LogP contribution is 2.05. The van der Waals surface area contributed by atoms with Gasteiger partial charge >= 0.3 is 11.9 Å². The lowest BCUT2D eigenvalue weighted by Crippen LogP contribution is -2.13. The third-order valence-electron chi connectivity index (χ3n) is 2.27. The number of allylic oxidation sites excluding steroid dienone is 2. The van der Waals surface area contributed by atoms with Gasteiger partial charge in [0.2, 0.25) is 0 Å². The Kier molecular flexibility index (Phi) is 7.18. The second kappa shape index (κ2) is 7.85. The first kappa shape index (κ1) is 14.6. The minimum atomic E-state index is -0.573. The van der Waals surface area contributed by atoms with Crippen molar-refractivity contribution in [2.24, 2.45) is 0 Å². The summed E-state index contributed by atoms with van der Waals surface area (Å²) in [5.41, 5.74) is 0.931. The van der Waals surface area contributed by atoms with Crippen molar-refractivity contribution in [3.05, 3.63) is 23.3 Å². The minimum absolute atomic E-state index is 0.440. The van der Waals surface area contributed by atoms with Crippen molar-refractivity contribution in [3.63, 3.8) is 0 Å². The second-order valence-electron chi connectivity index (χ2n) is 3.68. The summed E-state index contributed by atoms with van der Waals surface area (Å²) in [6, 6.07) is 0. The van der Waals surface area contributed by atoms with Crippen molar-refractivity contribution in [3.8, 4) is 0 Å². The zero-order chi connectivity index (χ0) is 12.6. The Morgan fingerprint density at radius 1 is 1.12 bits per heavy atom. The molecule has 0 saturated heterocycles. The van der Waals surface area contributed by atoms with E-state index in [-0.39, 0.29) is 0 Å². The van der Waals surface area contributed by atoms with Gasteiger partial charge in [0.25, 0.3) is 0 Å². The zero-order valence-electron chi connectivity index (χ0n) is 10.5. The average Bonchev–Trinajstić information content (AvgIpc) is 2.27. The summed E-state index contributed by atoms with van der Waals surface area (Å²) < 4.78 is 4.68. The van der Waals surface area contributed by atoms with E-state index in [0.717, 1.165) is 19.3 Å². The Hall–Kier alpha value is -1.38. The van der Waals surface area contributed by atoms with Crippen molar-refractivity contribution in [2.45, 2.75) is 47.0 Å². The van der Waals surface area contributed by atoms with E-state index in [1.54, 1.807) is 26.8 Å². The maximum atomic E-state index is 11.4. The van der Waals surface area contributed by atoms with Crippen LogP contribution in [0.1, 0.15) is 47.0 Å². The molecule has 0 radical (unpaired) electrons. The van der Waals surface area contributed by atoms with Crippen LogP contribution in [0.15, 0.2) is 23.3 Å². The Morgan fingerprint density at radius 3 is 2.19 bits per heavy atom. The first-order valence-corrected chi connectivity index (χ1v) is 5.59. The lowest BCUT2D eigenvalue weighted by molar-refractivity contribution is -0.153. The van der Waals surface area contributed by atoms with Gasteiger partial charge in [-0.15, -0.1) is 0 Å². The summed E-state index contributed by atoms with van der Waals surface area (Å²) in [6.45, 7) is 7.09. The van der Waals surface area contributed by atoms with Crippen molar-refractivity contribution < 1.29 is 14.3 Å². The largest absolute Gasteiger partial charge is 0.386 e. The SMILES string of the molecule is CC=C(C)C(=O)OC(=O)C(C)=CCCCC. The molecule has 3 heteroatoms. The van der Waals surface area contributed by atoms with Crippen molar-refractivity contribution in [2.75, 3.05) is 0 Å². The molecule has 90 valence electrons. The topological polar surface area (TPSA) is 43.4 Å². The van der Waals surface area contributed by atoms with Crippen LogP contribution in [0.3, 0.4) is 0 Å². The quantitative estimate of drug-likeness (QED) is 0.312. The Morgan fingerprint density at radius 2 is 1.69 bits per heavy atom. The fourth-order valence-electron chi connectivity index (χ4n) is 0.969. The first-order valence-electron chi connectivity index (χ1n) is 5.59.